The predicted octanol–water partition coefficient (Wildman–Crippen LogP) is 5.33. The Morgan fingerprint density at radius 1 is 1.08 bits per heavy atom. The molecule has 3 aromatic carbocycles. The van der Waals surface area contributed by atoms with Gasteiger partial charge in [-0.15, -0.1) is 0 Å². The molecule has 3 nitrogen and oxygen atoms in total. The molecule has 0 saturated heterocycles. The molecule has 0 aliphatic heterocycles. The van der Waals surface area contributed by atoms with Crippen LogP contribution in [0.25, 0.3) is 0 Å². The average Bonchev–Trinajstić information content (AvgIpc) is 2.62. The number of ether oxygens (including phenoxy) is 1. The van der Waals surface area contributed by atoms with Gasteiger partial charge in [-0.05, 0) is 42.0 Å². The Hall–Kier alpha value is -2.85. The highest BCUT2D eigenvalue weighted by Crippen LogP contribution is 2.26. The van der Waals surface area contributed by atoms with Gasteiger partial charge in [0.15, 0.2) is 0 Å². The lowest BCUT2D eigenvalue weighted by Crippen LogP contribution is -2.13. The Morgan fingerprint density at radius 2 is 1.85 bits per heavy atom. The van der Waals surface area contributed by atoms with Crippen molar-refractivity contribution in [3.63, 3.8) is 0 Å². The molecule has 1 amide bonds. The molecule has 0 aromatic heterocycles. The normalized spacial score (nSPS) is 10.4. The number of carbonyl (C=O) groups is 1. The molecule has 26 heavy (non-hydrogen) atoms. The molecular weight excluding hydrogens is 353 g/mol. The maximum Gasteiger partial charge on any atom is 0.257 e. The first-order valence-corrected chi connectivity index (χ1v) is 8.42. The highest BCUT2D eigenvalue weighted by Gasteiger charge is 2.13. The van der Waals surface area contributed by atoms with E-state index < -0.39 is 11.7 Å². The molecule has 132 valence electrons. The minimum absolute atomic E-state index is 0.0699. The molecule has 0 radical (unpaired) electrons. The van der Waals surface area contributed by atoms with E-state index in [1.165, 1.54) is 12.1 Å². The third-order valence-corrected chi connectivity index (χ3v) is 4.26. The molecule has 0 spiro atoms. The standard InChI is InChI=1S/C21H17ClFNO2/c1-26-20-10-8-17(12-15(20)11-14-5-3-2-4-6-14)24-21(25)18-9-7-16(23)13-19(18)22/h2-10,12-13H,11H2,1H3,(H,24,25). The fourth-order valence-corrected chi connectivity index (χ4v) is 2.94. The van der Waals surface area contributed by atoms with Gasteiger partial charge in [-0.25, -0.2) is 4.39 Å². The molecule has 1 N–H and O–H groups in total. The highest BCUT2D eigenvalue weighted by molar-refractivity contribution is 6.34. The van der Waals surface area contributed by atoms with Crippen LogP contribution in [0.15, 0.2) is 66.7 Å². The first-order valence-electron chi connectivity index (χ1n) is 8.04. The van der Waals surface area contributed by atoms with Crippen LogP contribution < -0.4 is 10.1 Å². The Kier molecular flexibility index (Phi) is 5.54. The van der Waals surface area contributed by atoms with Crippen molar-refractivity contribution in [3.05, 3.63) is 94.3 Å². The quantitative estimate of drug-likeness (QED) is 0.660. The number of nitrogens with one attached hydrogen (secondary N) is 1. The molecule has 0 atom stereocenters. The van der Waals surface area contributed by atoms with Gasteiger partial charge in [0.25, 0.3) is 5.91 Å². The second-order valence-electron chi connectivity index (χ2n) is 5.77. The van der Waals surface area contributed by atoms with Crippen LogP contribution in [0.3, 0.4) is 0 Å². The molecular formula is C21H17ClFNO2. The van der Waals surface area contributed by atoms with E-state index in [1.807, 2.05) is 36.4 Å². The zero-order chi connectivity index (χ0) is 18.5. The van der Waals surface area contributed by atoms with Gasteiger partial charge in [0.1, 0.15) is 11.6 Å². The van der Waals surface area contributed by atoms with Gasteiger partial charge in [-0.2, -0.15) is 0 Å². The van der Waals surface area contributed by atoms with Crippen LogP contribution >= 0.6 is 11.6 Å². The minimum atomic E-state index is -0.485. The van der Waals surface area contributed by atoms with E-state index in [0.29, 0.717) is 12.1 Å². The summed E-state index contributed by atoms with van der Waals surface area (Å²) in [7, 11) is 1.61. The Bertz CT molecular complexity index is 929. The summed E-state index contributed by atoms with van der Waals surface area (Å²) in [6.07, 6.45) is 0.672. The van der Waals surface area contributed by atoms with Crippen molar-refractivity contribution in [3.8, 4) is 5.75 Å². The lowest BCUT2D eigenvalue weighted by molar-refractivity contribution is 0.102. The van der Waals surface area contributed by atoms with Crippen molar-refractivity contribution in [2.45, 2.75) is 6.42 Å². The van der Waals surface area contributed by atoms with Gasteiger partial charge >= 0.3 is 0 Å². The molecule has 0 aliphatic carbocycles. The van der Waals surface area contributed by atoms with E-state index in [4.69, 9.17) is 16.3 Å². The van der Waals surface area contributed by atoms with Gasteiger partial charge in [0.05, 0.1) is 17.7 Å². The number of halogens is 2. The Balaban J connectivity index is 1.84. The smallest absolute Gasteiger partial charge is 0.257 e. The zero-order valence-corrected chi connectivity index (χ0v) is 14.9. The number of amides is 1. The predicted molar refractivity (Wildman–Crippen MR) is 102 cm³/mol. The number of carbonyl (C=O) groups excluding carboxylic acids is 1. The third-order valence-electron chi connectivity index (χ3n) is 3.95. The van der Waals surface area contributed by atoms with E-state index in [-0.39, 0.29) is 10.6 Å². The van der Waals surface area contributed by atoms with Gasteiger partial charge in [-0.1, -0.05) is 41.9 Å². The second kappa shape index (κ2) is 8.02. The van der Waals surface area contributed by atoms with E-state index in [1.54, 1.807) is 19.2 Å². The number of hydrogen-bond acceptors (Lipinski definition) is 2. The number of benzene rings is 3. The summed E-state index contributed by atoms with van der Waals surface area (Å²) in [6.45, 7) is 0. The van der Waals surface area contributed by atoms with Crippen LogP contribution in [-0.2, 0) is 6.42 Å². The van der Waals surface area contributed by atoms with Gasteiger partial charge in [0.2, 0.25) is 0 Å². The molecule has 0 heterocycles. The van der Waals surface area contributed by atoms with Crippen molar-refractivity contribution in [2.24, 2.45) is 0 Å². The van der Waals surface area contributed by atoms with Crippen LogP contribution in [-0.4, -0.2) is 13.0 Å². The molecule has 0 bridgehead atoms. The highest BCUT2D eigenvalue weighted by atomic mass is 35.5. The number of rotatable bonds is 5. The summed E-state index contributed by atoms with van der Waals surface area (Å²) >= 11 is 5.96. The summed E-state index contributed by atoms with van der Waals surface area (Å²) < 4.78 is 18.6. The summed E-state index contributed by atoms with van der Waals surface area (Å²) in [5.41, 5.74) is 2.91. The van der Waals surface area contributed by atoms with Crippen molar-refractivity contribution in [2.75, 3.05) is 12.4 Å². The molecule has 3 rings (SSSR count). The van der Waals surface area contributed by atoms with E-state index in [2.05, 4.69) is 5.32 Å². The van der Waals surface area contributed by atoms with Crippen molar-refractivity contribution in [1.82, 2.24) is 0 Å². The molecule has 0 saturated carbocycles. The minimum Gasteiger partial charge on any atom is -0.496 e. The molecule has 3 aromatic rings. The Morgan fingerprint density at radius 3 is 2.54 bits per heavy atom. The van der Waals surface area contributed by atoms with E-state index in [0.717, 1.165) is 22.9 Å². The molecule has 0 unspecified atom stereocenters. The third kappa shape index (κ3) is 4.21. The van der Waals surface area contributed by atoms with Gasteiger partial charge in [-0.3, -0.25) is 4.79 Å². The van der Waals surface area contributed by atoms with Crippen LogP contribution in [0.2, 0.25) is 5.02 Å². The summed E-state index contributed by atoms with van der Waals surface area (Å²) in [5, 5.41) is 2.86. The van der Waals surface area contributed by atoms with Crippen molar-refractivity contribution in [1.29, 1.82) is 0 Å². The summed E-state index contributed by atoms with van der Waals surface area (Å²) in [5.74, 6) is -0.140. The summed E-state index contributed by atoms with van der Waals surface area (Å²) in [6, 6.07) is 19.1. The van der Waals surface area contributed by atoms with Crippen LogP contribution in [0.4, 0.5) is 10.1 Å². The van der Waals surface area contributed by atoms with E-state index >= 15 is 0 Å². The monoisotopic (exact) mass is 369 g/mol. The average molecular weight is 370 g/mol. The Labute approximate surface area is 156 Å². The van der Waals surface area contributed by atoms with Crippen LogP contribution in [0, 0.1) is 5.82 Å². The number of methoxy groups -OCH3 is 1. The summed E-state index contributed by atoms with van der Waals surface area (Å²) in [4.78, 5) is 12.4. The van der Waals surface area contributed by atoms with E-state index in [9.17, 15) is 9.18 Å². The second-order valence-corrected chi connectivity index (χ2v) is 6.17. The first-order chi connectivity index (χ1) is 12.6. The van der Waals surface area contributed by atoms with Crippen molar-refractivity contribution >= 4 is 23.2 Å². The maximum atomic E-state index is 13.2. The zero-order valence-electron chi connectivity index (χ0n) is 14.1. The maximum absolute atomic E-state index is 13.2. The molecule has 0 aliphatic rings. The lowest BCUT2D eigenvalue weighted by Gasteiger charge is -2.12. The number of hydrogen-bond donors (Lipinski definition) is 1. The number of anilines is 1. The van der Waals surface area contributed by atoms with Crippen LogP contribution in [0.1, 0.15) is 21.5 Å². The van der Waals surface area contributed by atoms with Gasteiger partial charge in [0, 0.05) is 17.7 Å². The fraction of sp³-hybridized carbons (Fsp3) is 0.0952. The molecule has 5 heteroatoms. The largest absolute Gasteiger partial charge is 0.496 e. The SMILES string of the molecule is COc1ccc(NC(=O)c2ccc(F)cc2Cl)cc1Cc1ccccc1. The van der Waals surface area contributed by atoms with Gasteiger partial charge < -0.3 is 10.1 Å². The first kappa shape index (κ1) is 18.0. The van der Waals surface area contributed by atoms with Crippen LogP contribution in [0.5, 0.6) is 5.75 Å². The fourth-order valence-electron chi connectivity index (χ4n) is 2.68. The van der Waals surface area contributed by atoms with Crippen molar-refractivity contribution < 1.29 is 13.9 Å². The molecule has 0 fully saturated rings. The topological polar surface area (TPSA) is 38.3 Å². The lowest BCUT2D eigenvalue weighted by atomic mass is 10.0.